The number of hydrogen-bond acceptors (Lipinski definition) is 5. The number of nitrogens with zero attached hydrogens (tertiary/aromatic N) is 2. The van der Waals surface area contributed by atoms with Gasteiger partial charge >= 0.3 is 0 Å². The lowest BCUT2D eigenvalue weighted by Crippen LogP contribution is -2.48. The highest BCUT2D eigenvalue weighted by Crippen LogP contribution is 2.01. The number of piperazine rings is 1. The molecule has 8 heteroatoms. The summed E-state index contributed by atoms with van der Waals surface area (Å²) in [5.41, 5.74) is 0. The Balaban J connectivity index is 0.00000225. The van der Waals surface area contributed by atoms with Crippen LogP contribution in [0.3, 0.4) is 0 Å². The first-order chi connectivity index (χ1) is 7.01. The number of rotatable bonds is 5. The van der Waals surface area contributed by atoms with Crippen molar-refractivity contribution in [2.45, 2.75) is 0 Å². The Hall–Kier alpha value is 0.270. The lowest BCUT2D eigenvalue weighted by molar-refractivity contribution is 0.116. The molecule has 0 saturated carbocycles. The fourth-order valence-corrected chi connectivity index (χ4v) is 2.11. The molecular formula is C8H19BrN2O4S. The van der Waals surface area contributed by atoms with Crippen LogP contribution < -0.4 is 0 Å². The molecule has 0 unspecified atom stereocenters. The maximum absolute atomic E-state index is 10.5. The van der Waals surface area contributed by atoms with Gasteiger partial charge in [0.1, 0.15) is 0 Å². The Morgan fingerprint density at radius 2 is 1.44 bits per heavy atom. The van der Waals surface area contributed by atoms with Gasteiger partial charge in [-0.25, -0.2) is 0 Å². The van der Waals surface area contributed by atoms with E-state index in [1.54, 1.807) is 0 Å². The minimum atomic E-state index is -3.84. The molecule has 0 radical (unpaired) electrons. The quantitative estimate of drug-likeness (QED) is 0.637. The molecule has 0 spiro atoms. The van der Waals surface area contributed by atoms with Gasteiger partial charge in [-0.15, -0.1) is 17.0 Å². The molecular weight excluding hydrogens is 300 g/mol. The highest BCUT2D eigenvalue weighted by molar-refractivity contribution is 8.93. The number of aliphatic hydroxyl groups excluding tert-OH is 1. The minimum Gasteiger partial charge on any atom is -0.395 e. The van der Waals surface area contributed by atoms with Crippen LogP contribution in [0.2, 0.25) is 0 Å². The van der Waals surface area contributed by atoms with E-state index in [1.807, 2.05) is 4.90 Å². The summed E-state index contributed by atoms with van der Waals surface area (Å²) in [6.45, 7) is 4.46. The van der Waals surface area contributed by atoms with E-state index in [4.69, 9.17) is 9.66 Å². The molecule has 0 bridgehead atoms. The van der Waals surface area contributed by atoms with Crippen LogP contribution in [0.4, 0.5) is 0 Å². The Morgan fingerprint density at radius 1 is 1.00 bits per heavy atom. The number of hydrogen-bond donors (Lipinski definition) is 2. The summed E-state index contributed by atoms with van der Waals surface area (Å²) in [5.74, 6) is -0.201. The standard InChI is InChI=1S/C8H18N2O4S.BrH/c11-7-5-9-1-3-10(4-2-9)6-8-15(12,13)14;/h11H,1-8H2,(H,12,13,14);1H. The van der Waals surface area contributed by atoms with Crippen LogP contribution in [-0.4, -0.2) is 79.5 Å². The van der Waals surface area contributed by atoms with E-state index in [1.165, 1.54) is 0 Å². The van der Waals surface area contributed by atoms with Crippen molar-refractivity contribution in [1.29, 1.82) is 0 Å². The summed E-state index contributed by atoms with van der Waals surface area (Å²) in [5, 5.41) is 8.73. The molecule has 0 amide bonds. The van der Waals surface area contributed by atoms with Crippen molar-refractivity contribution < 1.29 is 18.1 Å². The molecule has 0 aromatic carbocycles. The van der Waals surface area contributed by atoms with E-state index in [-0.39, 0.29) is 29.3 Å². The van der Waals surface area contributed by atoms with Crippen molar-refractivity contribution in [2.24, 2.45) is 0 Å². The Kier molecular flexibility index (Phi) is 7.70. The van der Waals surface area contributed by atoms with Crippen LogP contribution in [0.15, 0.2) is 0 Å². The number of β-amino-alcohol motifs (C(OH)–C–C–N with tert-alkyl or cyclic N) is 1. The topological polar surface area (TPSA) is 81.1 Å². The van der Waals surface area contributed by atoms with Crippen molar-refractivity contribution in [3.63, 3.8) is 0 Å². The second-order valence-corrected chi connectivity index (χ2v) is 5.27. The molecule has 1 aliphatic rings. The smallest absolute Gasteiger partial charge is 0.266 e. The maximum atomic E-state index is 10.5. The molecule has 1 rings (SSSR count). The summed E-state index contributed by atoms with van der Waals surface area (Å²) in [6, 6.07) is 0. The molecule has 0 aromatic heterocycles. The van der Waals surface area contributed by atoms with E-state index in [9.17, 15) is 8.42 Å². The number of aliphatic hydroxyl groups is 1. The Labute approximate surface area is 107 Å². The second kappa shape index (κ2) is 7.57. The van der Waals surface area contributed by atoms with Crippen LogP contribution >= 0.6 is 17.0 Å². The molecule has 2 N–H and O–H groups in total. The summed E-state index contributed by atoms with van der Waals surface area (Å²) in [4.78, 5) is 4.13. The highest BCUT2D eigenvalue weighted by Gasteiger charge is 2.17. The van der Waals surface area contributed by atoms with E-state index in [2.05, 4.69) is 4.90 Å². The first-order valence-corrected chi connectivity index (χ1v) is 6.63. The van der Waals surface area contributed by atoms with Crippen LogP contribution in [0, 0.1) is 0 Å². The molecule has 0 atom stereocenters. The molecule has 1 heterocycles. The van der Waals surface area contributed by atoms with Gasteiger partial charge in [-0.3, -0.25) is 14.4 Å². The lowest BCUT2D eigenvalue weighted by Gasteiger charge is -2.33. The maximum Gasteiger partial charge on any atom is 0.266 e. The van der Waals surface area contributed by atoms with Gasteiger partial charge in [0.05, 0.1) is 12.4 Å². The van der Waals surface area contributed by atoms with Crippen LogP contribution in [-0.2, 0) is 10.1 Å². The normalized spacial score (nSPS) is 19.4. The molecule has 1 fully saturated rings. The van der Waals surface area contributed by atoms with Gasteiger partial charge in [-0.2, -0.15) is 8.42 Å². The largest absolute Gasteiger partial charge is 0.395 e. The van der Waals surface area contributed by atoms with E-state index in [0.717, 1.165) is 26.2 Å². The SMILES string of the molecule is Br.O=S(=O)(O)CCN1CCN(CCO)CC1. The monoisotopic (exact) mass is 318 g/mol. The van der Waals surface area contributed by atoms with Gasteiger partial charge in [0.15, 0.2) is 0 Å². The van der Waals surface area contributed by atoms with Gasteiger partial charge in [-0.05, 0) is 0 Å². The van der Waals surface area contributed by atoms with Gasteiger partial charge in [0, 0.05) is 39.3 Å². The minimum absolute atomic E-state index is 0. The van der Waals surface area contributed by atoms with Crippen LogP contribution in [0.1, 0.15) is 0 Å². The third-order valence-electron chi connectivity index (χ3n) is 2.55. The molecule has 16 heavy (non-hydrogen) atoms. The molecule has 6 nitrogen and oxygen atoms in total. The molecule has 98 valence electrons. The molecule has 0 aliphatic carbocycles. The van der Waals surface area contributed by atoms with Gasteiger partial charge in [0.25, 0.3) is 10.1 Å². The molecule has 0 aromatic rings. The fraction of sp³-hybridized carbons (Fsp3) is 1.00. The Bertz CT molecular complexity index is 278. The zero-order valence-electron chi connectivity index (χ0n) is 9.08. The van der Waals surface area contributed by atoms with Crippen molar-refractivity contribution in [3.8, 4) is 0 Å². The van der Waals surface area contributed by atoms with Gasteiger partial charge in [0.2, 0.25) is 0 Å². The van der Waals surface area contributed by atoms with Crippen molar-refractivity contribution in [2.75, 3.05) is 51.6 Å². The summed E-state index contributed by atoms with van der Waals surface area (Å²) >= 11 is 0. The summed E-state index contributed by atoms with van der Waals surface area (Å²) in [7, 11) is -3.84. The average molecular weight is 319 g/mol. The fourth-order valence-electron chi connectivity index (χ4n) is 1.62. The predicted molar refractivity (Wildman–Crippen MR) is 66.7 cm³/mol. The van der Waals surface area contributed by atoms with Gasteiger partial charge < -0.3 is 5.11 Å². The predicted octanol–water partition coefficient (Wildman–Crippen LogP) is -0.938. The Morgan fingerprint density at radius 3 is 1.81 bits per heavy atom. The van der Waals surface area contributed by atoms with E-state index in [0.29, 0.717) is 13.1 Å². The van der Waals surface area contributed by atoms with Crippen molar-refractivity contribution >= 4 is 27.1 Å². The summed E-state index contributed by atoms with van der Waals surface area (Å²) < 4.78 is 29.6. The third-order valence-corrected chi connectivity index (χ3v) is 3.25. The van der Waals surface area contributed by atoms with Gasteiger partial charge in [-0.1, -0.05) is 0 Å². The van der Waals surface area contributed by atoms with Crippen LogP contribution in [0.5, 0.6) is 0 Å². The second-order valence-electron chi connectivity index (χ2n) is 3.69. The van der Waals surface area contributed by atoms with E-state index >= 15 is 0 Å². The highest BCUT2D eigenvalue weighted by atomic mass is 79.9. The van der Waals surface area contributed by atoms with E-state index < -0.39 is 10.1 Å². The van der Waals surface area contributed by atoms with Crippen LogP contribution in [0.25, 0.3) is 0 Å². The zero-order valence-corrected chi connectivity index (χ0v) is 11.6. The lowest BCUT2D eigenvalue weighted by atomic mass is 10.3. The first-order valence-electron chi connectivity index (χ1n) is 5.02. The zero-order chi connectivity index (χ0) is 11.3. The van der Waals surface area contributed by atoms with Crippen molar-refractivity contribution in [3.05, 3.63) is 0 Å². The first kappa shape index (κ1) is 16.3. The van der Waals surface area contributed by atoms with Crippen molar-refractivity contribution in [1.82, 2.24) is 9.80 Å². The molecule has 1 aliphatic heterocycles. The third kappa shape index (κ3) is 6.77. The average Bonchev–Trinajstić information content (AvgIpc) is 2.16. The number of halogens is 1. The molecule has 1 saturated heterocycles. The summed E-state index contributed by atoms with van der Waals surface area (Å²) in [6.07, 6.45) is 0.